The molecule has 6 heteroatoms. The molecule has 0 unspecified atom stereocenters. The zero-order chi connectivity index (χ0) is 18.0. The number of carbonyl (C=O) groups excluding carboxylic acids is 1. The number of hydrogen-bond acceptors (Lipinski definition) is 5. The fourth-order valence-electron chi connectivity index (χ4n) is 2.53. The van der Waals surface area contributed by atoms with E-state index in [0.29, 0.717) is 0 Å². The number of thioether (sulfide) groups is 1. The number of thiophene rings is 1. The van der Waals surface area contributed by atoms with Crippen molar-refractivity contribution in [3.63, 3.8) is 0 Å². The van der Waals surface area contributed by atoms with Gasteiger partial charge in [0.2, 0.25) is 5.91 Å². The monoisotopic (exact) mass is 371 g/mol. The average Bonchev–Trinajstić information content (AvgIpc) is 2.90. The van der Waals surface area contributed by atoms with Crippen LogP contribution in [-0.2, 0) is 11.2 Å². The van der Waals surface area contributed by atoms with Crippen molar-refractivity contribution >= 4 is 44.9 Å². The van der Waals surface area contributed by atoms with Gasteiger partial charge in [0.25, 0.3) is 0 Å². The number of nitrogens with zero attached hydrogens (tertiary/aromatic N) is 2. The molecule has 3 rings (SSSR count). The van der Waals surface area contributed by atoms with Gasteiger partial charge in [0.1, 0.15) is 16.2 Å². The first kappa shape index (κ1) is 17.9. The lowest BCUT2D eigenvalue weighted by Gasteiger charge is -2.12. The minimum Gasteiger partial charge on any atom is -0.325 e. The van der Waals surface area contributed by atoms with Crippen LogP contribution in [0.5, 0.6) is 0 Å². The van der Waals surface area contributed by atoms with Crippen LogP contribution in [0.25, 0.3) is 10.2 Å². The summed E-state index contributed by atoms with van der Waals surface area (Å²) in [6.45, 7) is 8.19. The maximum atomic E-state index is 12.5. The minimum absolute atomic E-state index is 0.0226. The molecule has 0 bridgehead atoms. The Bertz CT molecular complexity index is 903. The second-order valence-electron chi connectivity index (χ2n) is 5.94. The number of aryl methyl sites for hydroxylation is 3. The molecule has 0 aliphatic rings. The zero-order valence-electron chi connectivity index (χ0n) is 14.8. The summed E-state index contributed by atoms with van der Waals surface area (Å²) < 4.78 is 0. The molecule has 0 radical (unpaired) electrons. The Labute approximate surface area is 156 Å². The Hall–Kier alpha value is -1.92. The van der Waals surface area contributed by atoms with E-state index in [1.165, 1.54) is 27.8 Å². The molecular weight excluding hydrogens is 350 g/mol. The predicted molar refractivity (Wildman–Crippen MR) is 107 cm³/mol. The molecule has 0 aliphatic heterocycles. The summed E-state index contributed by atoms with van der Waals surface area (Å²) in [5.74, 6) is -0.0226. The molecule has 0 saturated carbocycles. The Morgan fingerprint density at radius 3 is 2.64 bits per heavy atom. The highest BCUT2D eigenvalue weighted by molar-refractivity contribution is 8.00. The molecule has 25 heavy (non-hydrogen) atoms. The molecule has 1 N–H and O–H groups in total. The van der Waals surface area contributed by atoms with Gasteiger partial charge in [0.05, 0.1) is 5.25 Å². The first-order valence-electron chi connectivity index (χ1n) is 8.26. The van der Waals surface area contributed by atoms with Crippen LogP contribution in [0.2, 0.25) is 0 Å². The summed E-state index contributed by atoms with van der Waals surface area (Å²) in [5, 5.41) is 4.68. The molecular formula is C19H21N3OS2. The fraction of sp³-hybridized carbons (Fsp3) is 0.316. The average molecular weight is 372 g/mol. The normalized spacial score (nSPS) is 12.3. The highest BCUT2D eigenvalue weighted by Gasteiger charge is 2.19. The van der Waals surface area contributed by atoms with Crippen molar-refractivity contribution in [2.45, 2.75) is 44.4 Å². The minimum atomic E-state index is -0.247. The van der Waals surface area contributed by atoms with Crippen molar-refractivity contribution in [3.05, 3.63) is 46.6 Å². The molecule has 4 nitrogen and oxygen atoms in total. The van der Waals surface area contributed by atoms with E-state index in [2.05, 4.69) is 36.1 Å². The van der Waals surface area contributed by atoms with Gasteiger partial charge in [-0.3, -0.25) is 4.79 Å². The van der Waals surface area contributed by atoms with E-state index < -0.39 is 0 Å². The molecule has 0 spiro atoms. The zero-order valence-corrected chi connectivity index (χ0v) is 16.4. The lowest BCUT2D eigenvalue weighted by molar-refractivity contribution is -0.115. The van der Waals surface area contributed by atoms with Gasteiger partial charge >= 0.3 is 0 Å². The SMILES string of the molecule is CCc1ccc(NC(=O)[C@H](C)Sc2ncnc3sc(C)c(C)c23)cc1. The first-order valence-corrected chi connectivity index (χ1v) is 9.96. The number of nitrogens with one attached hydrogen (secondary N) is 1. The number of aromatic nitrogens is 2. The van der Waals surface area contributed by atoms with Crippen LogP contribution in [0.15, 0.2) is 35.6 Å². The summed E-state index contributed by atoms with van der Waals surface area (Å²) in [6, 6.07) is 7.98. The molecule has 1 amide bonds. The van der Waals surface area contributed by atoms with Gasteiger partial charge < -0.3 is 5.32 Å². The number of hydrogen-bond donors (Lipinski definition) is 1. The smallest absolute Gasteiger partial charge is 0.237 e. The quantitative estimate of drug-likeness (QED) is 0.507. The topological polar surface area (TPSA) is 54.9 Å². The maximum absolute atomic E-state index is 12.5. The van der Waals surface area contributed by atoms with E-state index in [4.69, 9.17) is 0 Å². The Balaban J connectivity index is 1.75. The van der Waals surface area contributed by atoms with Crippen molar-refractivity contribution in [2.24, 2.45) is 0 Å². The van der Waals surface area contributed by atoms with E-state index in [-0.39, 0.29) is 11.2 Å². The molecule has 0 aliphatic carbocycles. The Morgan fingerprint density at radius 1 is 1.24 bits per heavy atom. The number of anilines is 1. The van der Waals surface area contributed by atoms with Crippen molar-refractivity contribution in [2.75, 3.05) is 5.32 Å². The van der Waals surface area contributed by atoms with Crippen LogP contribution < -0.4 is 5.32 Å². The highest BCUT2D eigenvalue weighted by atomic mass is 32.2. The third-order valence-electron chi connectivity index (χ3n) is 4.22. The van der Waals surface area contributed by atoms with Crippen LogP contribution in [0.3, 0.4) is 0 Å². The van der Waals surface area contributed by atoms with Gasteiger partial charge in [-0.05, 0) is 50.5 Å². The number of fused-ring (bicyclic) bond motifs is 1. The van der Waals surface area contributed by atoms with Crippen LogP contribution in [0, 0.1) is 13.8 Å². The molecule has 1 atom stereocenters. The summed E-state index contributed by atoms with van der Waals surface area (Å²) in [6.07, 6.45) is 2.57. The number of benzene rings is 1. The molecule has 0 fully saturated rings. The number of amides is 1. The third-order valence-corrected chi connectivity index (χ3v) is 6.43. The van der Waals surface area contributed by atoms with Crippen molar-refractivity contribution in [1.29, 1.82) is 0 Å². The maximum Gasteiger partial charge on any atom is 0.237 e. The van der Waals surface area contributed by atoms with E-state index in [9.17, 15) is 4.79 Å². The molecule has 130 valence electrons. The van der Waals surface area contributed by atoms with Gasteiger partial charge in [-0.25, -0.2) is 9.97 Å². The predicted octanol–water partition coefficient (Wildman–Crippen LogP) is 4.99. The van der Waals surface area contributed by atoms with Gasteiger partial charge in [0, 0.05) is 16.0 Å². The molecule has 2 aromatic heterocycles. The number of carbonyl (C=O) groups is 1. The van der Waals surface area contributed by atoms with Gasteiger partial charge in [0.15, 0.2) is 0 Å². The van der Waals surface area contributed by atoms with Crippen molar-refractivity contribution in [3.8, 4) is 0 Å². The van der Waals surface area contributed by atoms with Crippen LogP contribution in [0.4, 0.5) is 5.69 Å². The fourth-order valence-corrected chi connectivity index (χ4v) is 4.57. The van der Waals surface area contributed by atoms with Crippen molar-refractivity contribution in [1.82, 2.24) is 9.97 Å². The second-order valence-corrected chi connectivity index (χ2v) is 8.47. The molecule has 2 heterocycles. The standard InChI is InChI=1S/C19H21N3OS2/c1-5-14-6-8-15(9-7-14)22-17(23)13(4)25-19-16-11(2)12(3)24-18(16)20-10-21-19/h6-10,13H,5H2,1-4H3,(H,22,23)/t13-/m0/s1. The second kappa shape index (κ2) is 7.54. The molecule has 0 saturated heterocycles. The van der Waals surface area contributed by atoms with E-state index in [1.807, 2.05) is 31.2 Å². The summed E-state index contributed by atoms with van der Waals surface area (Å²) in [7, 11) is 0. The highest BCUT2D eigenvalue weighted by Crippen LogP contribution is 2.36. The van der Waals surface area contributed by atoms with Gasteiger partial charge in [-0.15, -0.1) is 11.3 Å². The number of rotatable bonds is 5. The Kier molecular flexibility index (Phi) is 5.39. The van der Waals surface area contributed by atoms with Gasteiger partial charge in [-0.2, -0.15) is 0 Å². The molecule has 3 aromatic rings. The summed E-state index contributed by atoms with van der Waals surface area (Å²) >= 11 is 3.15. The van der Waals surface area contributed by atoms with Gasteiger partial charge in [-0.1, -0.05) is 30.8 Å². The summed E-state index contributed by atoms with van der Waals surface area (Å²) in [5.41, 5.74) is 3.28. The van der Waals surface area contributed by atoms with Crippen molar-refractivity contribution < 1.29 is 4.79 Å². The van der Waals surface area contributed by atoms with E-state index in [0.717, 1.165) is 27.4 Å². The van der Waals surface area contributed by atoms with Crippen LogP contribution in [-0.4, -0.2) is 21.1 Å². The lowest BCUT2D eigenvalue weighted by atomic mass is 10.1. The molecule has 1 aromatic carbocycles. The first-order chi connectivity index (χ1) is 12.0. The summed E-state index contributed by atoms with van der Waals surface area (Å²) in [4.78, 5) is 23.5. The largest absolute Gasteiger partial charge is 0.325 e. The van der Waals surface area contributed by atoms with Crippen LogP contribution >= 0.6 is 23.1 Å². The van der Waals surface area contributed by atoms with E-state index >= 15 is 0 Å². The Morgan fingerprint density at radius 2 is 1.96 bits per heavy atom. The third kappa shape index (κ3) is 3.85. The lowest BCUT2D eigenvalue weighted by Crippen LogP contribution is -2.22. The van der Waals surface area contributed by atoms with E-state index in [1.54, 1.807) is 17.7 Å². The van der Waals surface area contributed by atoms with Crippen LogP contribution in [0.1, 0.15) is 29.9 Å².